The summed E-state index contributed by atoms with van der Waals surface area (Å²) in [6.45, 7) is 3.25. The number of amides is 1. The number of nitrogens with zero attached hydrogens (tertiary/aromatic N) is 1. The Morgan fingerprint density at radius 2 is 2.28 bits per heavy atom. The van der Waals surface area contributed by atoms with Crippen molar-refractivity contribution in [3.8, 4) is 5.75 Å². The monoisotopic (exact) mass is 249 g/mol. The Hall–Kier alpha value is -1.75. The molecule has 2 rings (SSSR count). The van der Waals surface area contributed by atoms with Crippen LogP contribution in [0.2, 0.25) is 0 Å². The van der Waals surface area contributed by atoms with Crippen LogP contribution in [-0.2, 0) is 4.79 Å². The van der Waals surface area contributed by atoms with Gasteiger partial charge in [0.05, 0.1) is 5.69 Å². The highest BCUT2D eigenvalue weighted by Crippen LogP contribution is 2.35. The number of anilines is 2. The van der Waals surface area contributed by atoms with Gasteiger partial charge >= 0.3 is 0 Å². The van der Waals surface area contributed by atoms with Crippen LogP contribution in [0.1, 0.15) is 13.3 Å². The van der Waals surface area contributed by atoms with E-state index in [-0.39, 0.29) is 5.91 Å². The van der Waals surface area contributed by atoms with Gasteiger partial charge in [-0.05, 0) is 38.1 Å². The Balaban J connectivity index is 2.18. The van der Waals surface area contributed by atoms with Gasteiger partial charge in [-0.2, -0.15) is 0 Å². The molecule has 1 atom stereocenters. The second-order valence-electron chi connectivity index (χ2n) is 4.41. The smallest absolute Gasteiger partial charge is 0.267 e. The maximum atomic E-state index is 11.8. The summed E-state index contributed by atoms with van der Waals surface area (Å²) < 4.78 is 5.56. The van der Waals surface area contributed by atoms with Crippen molar-refractivity contribution in [1.29, 1.82) is 0 Å². The van der Waals surface area contributed by atoms with Crippen molar-refractivity contribution in [2.24, 2.45) is 5.73 Å². The molecule has 1 unspecified atom stereocenters. The third-order valence-electron chi connectivity index (χ3n) is 3.01. The van der Waals surface area contributed by atoms with Crippen molar-refractivity contribution < 1.29 is 9.53 Å². The fourth-order valence-electron chi connectivity index (χ4n) is 1.96. The zero-order valence-corrected chi connectivity index (χ0v) is 10.8. The molecule has 0 aromatic heterocycles. The largest absolute Gasteiger partial charge is 0.479 e. The highest BCUT2D eigenvalue weighted by atomic mass is 16.5. The molecule has 1 heterocycles. The van der Waals surface area contributed by atoms with E-state index in [2.05, 4.69) is 5.32 Å². The highest BCUT2D eigenvalue weighted by Gasteiger charge is 2.28. The van der Waals surface area contributed by atoms with Gasteiger partial charge < -0.3 is 20.7 Å². The Kier molecular flexibility index (Phi) is 3.72. The van der Waals surface area contributed by atoms with Crippen LogP contribution in [0.4, 0.5) is 11.4 Å². The van der Waals surface area contributed by atoms with E-state index in [1.807, 2.05) is 18.2 Å². The van der Waals surface area contributed by atoms with Crippen LogP contribution in [0.25, 0.3) is 0 Å². The van der Waals surface area contributed by atoms with Crippen molar-refractivity contribution >= 4 is 17.3 Å². The van der Waals surface area contributed by atoms with Crippen molar-refractivity contribution in [3.05, 3.63) is 18.2 Å². The normalized spacial score (nSPS) is 18.3. The number of fused-ring (bicyclic) bond motifs is 1. The molecule has 1 amide bonds. The summed E-state index contributed by atoms with van der Waals surface area (Å²) in [5, 5.41) is 3.27. The molecule has 5 nitrogen and oxygen atoms in total. The van der Waals surface area contributed by atoms with E-state index in [1.165, 1.54) is 0 Å². The number of rotatable bonds is 4. The minimum absolute atomic E-state index is 0.0263. The van der Waals surface area contributed by atoms with E-state index in [1.54, 1.807) is 18.9 Å². The number of likely N-dealkylation sites (N-methyl/N-ethyl adjacent to an activating group) is 1. The van der Waals surface area contributed by atoms with Crippen LogP contribution in [0.5, 0.6) is 5.75 Å². The van der Waals surface area contributed by atoms with Crippen molar-refractivity contribution in [2.75, 3.05) is 30.4 Å². The molecule has 18 heavy (non-hydrogen) atoms. The average Bonchev–Trinajstić information content (AvgIpc) is 2.37. The molecule has 0 fully saturated rings. The fourth-order valence-corrected chi connectivity index (χ4v) is 1.96. The molecular weight excluding hydrogens is 230 g/mol. The summed E-state index contributed by atoms with van der Waals surface area (Å²) in [4.78, 5) is 13.5. The van der Waals surface area contributed by atoms with Crippen LogP contribution in [0.15, 0.2) is 18.2 Å². The van der Waals surface area contributed by atoms with Crippen LogP contribution in [0, 0.1) is 0 Å². The fraction of sp³-hybridized carbons (Fsp3) is 0.462. The topological polar surface area (TPSA) is 67.6 Å². The molecule has 1 aromatic carbocycles. The zero-order valence-electron chi connectivity index (χ0n) is 10.8. The summed E-state index contributed by atoms with van der Waals surface area (Å²) in [5.74, 6) is 0.718. The Morgan fingerprint density at radius 3 is 3.00 bits per heavy atom. The average molecular weight is 249 g/mol. The Morgan fingerprint density at radius 1 is 1.50 bits per heavy atom. The Bertz CT molecular complexity index is 448. The molecule has 0 aliphatic carbocycles. The van der Waals surface area contributed by atoms with Crippen LogP contribution >= 0.6 is 0 Å². The van der Waals surface area contributed by atoms with Gasteiger partial charge in [0.1, 0.15) is 5.75 Å². The molecule has 5 heteroatoms. The summed E-state index contributed by atoms with van der Waals surface area (Å²) in [6, 6.07) is 5.76. The maximum absolute atomic E-state index is 11.8. The standard InChI is InChI=1S/C13H19N3O2/c1-9-13(17)16(2)11-8-10(15-7-3-6-14)4-5-12(11)18-9/h4-5,8-9,15H,3,6-7,14H2,1-2H3. The van der Waals surface area contributed by atoms with E-state index >= 15 is 0 Å². The molecule has 1 aliphatic heterocycles. The van der Waals surface area contributed by atoms with Crippen LogP contribution in [-0.4, -0.2) is 32.1 Å². The molecule has 1 aliphatic rings. The SMILES string of the molecule is CC1Oc2ccc(NCCCN)cc2N(C)C1=O. The van der Waals surface area contributed by atoms with Gasteiger partial charge in [0, 0.05) is 19.3 Å². The van der Waals surface area contributed by atoms with Gasteiger partial charge in [-0.1, -0.05) is 0 Å². The number of ether oxygens (including phenoxy) is 1. The first-order valence-electron chi connectivity index (χ1n) is 6.15. The first-order chi connectivity index (χ1) is 8.63. The third kappa shape index (κ3) is 2.41. The lowest BCUT2D eigenvalue weighted by molar-refractivity contribution is -0.125. The number of nitrogens with two attached hydrogens (primary N) is 1. The number of benzene rings is 1. The van der Waals surface area contributed by atoms with Crippen molar-refractivity contribution in [3.63, 3.8) is 0 Å². The first-order valence-corrected chi connectivity index (χ1v) is 6.15. The summed E-state index contributed by atoms with van der Waals surface area (Å²) >= 11 is 0. The summed E-state index contributed by atoms with van der Waals surface area (Å²) in [5.41, 5.74) is 7.22. The molecule has 0 spiro atoms. The van der Waals surface area contributed by atoms with E-state index < -0.39 is 6.10 Å². The first kappa shape index (κ1) is 12.7. The summed E-state index contributed by atoms with van der Waals surface area (Å²) in [6.07, 6.45) is 0.498. The molecule has 0 saturated heterocycles. The van der Waals surface area contributed by atoms with Gasteiger partial charge in [-0.3, -0.25) is 4.79 Å². The molecule has 0 bridgehead atoms. The lowest BCUT2D eigenvalue weighted by Crippen LogP contribution is -2.41. The lowest BCUT2D eigenvalue weighted by atomic mass is 10.2. The molecule has 1 aromatic rings. The minimum atomic E-state index is -0.418. The third-order valence-corrected chi connectivity index (χ3v) is 3.01. The van der Waals surface area contributed by atoms with Gasteiger partial charge in [-0.25, -0.2) is 0 Å². The Labute approximate surface area is 107 Å². The lowest BCUT2D eigenvalue weighted by Gasteiger charge is -2.30. The van der Waals surface area contributed by atoms with E-state index in [4.69, 9.17) is 10.5 Å². The maximum Gasteiger partial charge on any atom is 0.267 e. The number of hydrogen-bond donors (Lipinski definition) is 2. The number of hydrogen-bond acceptors (Lipinski definition) is 4. The van der Waals surface area contributed by atoms with Gasteiger partial charge in [0.2, 0.25) is 0 Å². The second kappa shape index (κ2) is 5.27. The highest BCUT2D eigenvalue weighted by molar-refractivity contribution is 5.99. The summed E-state index contributed by atoms with van der Waals surface area (Å²) in [7, 11) is 1.77. The van der Waals surface area contributed by atoms with Crippen molar-refractivity contribution in [1.82, 2.24) is 0 Å². The quantitative estimate of drug-likeness (QED) is 0.787. The van der Waals surface area contributed by atoms with Gasteiger partial charge in [-0.15, -0.1) is 0 Å². The van der Waals surface area contributed by atoms with Gasteiger partial charge in [0.15, 0.2) is 6.10 Å². The number of carbonyl (C=O) groups excluding carboxylic acids is 1. The van der Waals surface area contributed by atoms with E-state index in [0.29, 0.717) is 6.54 Å². The van der Waals surface area contributed by atoms with Crippen LogP contribution < -0.4 is 20.7 Å². The molecule has 0 radical (unpaired) electrons. The minimum Gasteiger partial charge on any atom is -0.479 e. The van der Waals surface area contributed by atoms with E-state index in [9.17, 15) is 4.79 Å². The van der Waals surface area contributed by atoms with Crippen molar-refractivity contribution in [2.45, 2.75) is 19.4 Å². The zero-order chi connectivity index (χ0) is 13.1. The molecule has 3 N–H and O–H groups in total. The molecular formula is C13H19N3O2. The van der Waals surface area contributed by atoms with E-state index in [0.717, 1.165) is 30.1 Å². The number of nitrogens with one attached hydrogen (secondary N) is 1. The predicted molar refractivity (Wildman–Crippen MR) is 72.1 cm³/mol. The van der Waals surface area contributed by atoms with Gasteiger partial charge in [0.25, 0.3) is 5.91 Å². The second-order valence-corrected chi connectivity index (χ2v) is 4.41. The molecule has 98 valence electrons. The van der Waals surface area contributed by atoms with Crippen LogP contribution in [0.3, 0.4) is 0 Å². The number of carbonyl (C=O) groups is 1. The molecule has 0 saturated carbocycles. The predicted octanol–water partition coefficient (Wildman–Crippen LogP) is 1.19.